The zero-order chi connectivity index (χ0) is 20.4. The average molecular weight is 438 g/mol. The molecule has 0 radical (unpaired) electrons. The van der Waals surface area contributed by atoms with Crippen molar-refractivity contribution in [3.63, 3.8) is 0 Å². The van der Waals surface area contributed by atoms with E-state index < -0.39 is 11.9 Å². The van der Waals surface area contributed by atoms with Crippen LogP contribution in [0.15, 0.2) is 41.4 Å². The molecule has 0 bridgehead atoms. The molecule has 0 unspecified atom stereocenters. The molecule has 0 N–H and O–H groups in total. The zero-order valence-electron chi connectivity index (χ0n) is 15.4. The van der Waals surface area contributed by atoms with Crippen molar-refractivity contribution >= 4 is 62.3 Å². The molecule has 0 aliphatic rings. The van der Waals surface area contributed by atoms with Gasteiger partial charge in [-0.05, 0) is 36.4 Å². The summed E-state index contributed by atoms with van der Waals surface area (Å²) in [4.78, 5) is 31.0. The molecule has 6 nitrogen and oxygen atoms in total. The first-order valence-corrected chi connectivity index (χ1v) is 9.79. The van der Waals surface area contributed by atoms with Crippen LogP contribution in [-0.4, -0.2) is 37.6 Å². The number of hydrogen-bond acceptors (Lipinski definition) is 5. The topological polar surface area (TPSA) is 63.9 Å². The van der Waals surface area contributed by atoms with Crippen LogP contribution in [0, 0.1) is 0 Å². The number of hydrogen-bond donors (Lipinski definition) is 0. The first-order valence-electron chi connectivity index (χ1n) is 8.22. The molecule has 0 aliphatic heterocycles. The molecule has 0 saturated heterocycles. The van der Waals surface area contributed by atoms with Crippen molar-refractivity contribution in [2.45, 2.75) is 6.54 Å². The van der Waals surface area contributed by atoms with E-state index in [4.69, 9.17) is 27.9 Å². The number of aromatic nitrogens is 1. The smallest absolute Gasteiger partial charge is 0.325 e. The number of amides is 1. The lowest BCUT2D eigenvalue weighted by atomic mass is 10.2. The molecule has 3 rings (SSSR count). The van der Waals surface area contributed by atoms with Gasteiger partial charge in [-0.3, -0.25) is 9.59 Å². The highest BCUT2D eigenvalue weighted by Crippen LogP contribution is 2.32. The standard InChI is InChI=1S/C19H17Cl2N3O3S/c1-23(2)12-6-4-11(5-7-12)18(26)22-19-24(10-15(25)27-3)17-14(28-19)9-8-13(20)16(17)21/h4-9H,10H2,1-3H3. The van der Waals surface area contributed by atoms with Gasteiger partial charge in [0.2, 0.25) is 0 Å². The molecule has 0 aliphatic carbocycles. The van der Waals surface area contributed by atoms with Crippen LogP contribution in [0.5, 0.6) is 0 Å². The Morgan fingerprint density at radius 3 is 2.43 bits per heavy atom. The number of carbonyl (C=O) groups is 2. The minimum atomic E-state index is -0.486. The fourth-order valence-corrected chi connectivity index (χ4v) is 4.09. The maximum absolute atomic E-state index is 12.7. The fraction of sp³-hybridized carbons (Fsp3) is 0.211. The van der Waals surface area contributed by atoms with Crippen LogP contribution >= 0.6 is 34.5 Å². The maximum atomic E-state index is 12.7. The summed E-state index contributed by atoms with van der Waals surface area (Å²) in [7, 11) is 5.13. The Kier molecular flexibility index (Phi) is 6.07. The maximum Gasteiger partial charge on any atom is 0.325 e. The Morgan fingerprint density at radius 1 is 1.14 bits per heavy atom. The van der Waals surface area contributed by atoms with Gasteiger partial charge in [-0.2, -0.15) is 4.99 Å². The lowest BCUT2D eigenvalue weighted by molar-refractivity contribution is -0.141. The van der Waals surface area contributed by atoms with E-state index in [1.807, 2.05) is 31.1 Å². The normalized spacial score (nSPS) is 11.7. The predicted molar refractivity (Wildman–Crippen MR) is 113 cm³/mol. The van der Waals surface area contributed by atoms with Crippen molar-refractivity contribution in [2.75, 3.05) is 26.1 Å². The van der Waals surface area contributed by atoms with Crippen molar-refractivity contribution in [1.82, 2.24) is 4.57 Å². The number of nitrogens with zero attached hydrogens (tertiary/aromatic N) is 3. The van der Waals surface area contributed by atoms with Crippen LogP contribution in [0.4, 0.5) is 5.69 Å². The van der Waals surface area contributed by atoms with Crippen molar-refractivity contribution in [1.29, 1.82) is 0 Å². The summed E-state index contributed by atoms with van der Waals surface area (Å²) in [5.41, 5.74) is 1.96. The van der Waals surface area contributed by atoms with Crippen molar-refractivity contribution in [3.8, 4) is 0 Å². The summed E-state index contributed by atoms with van der Waals surface area (Å²) in [6, 6.07) is 10.5. The van der Waals surface area contributed by atoms with Gasteiger partial charge in [-0.15, -0.1) is 0 Å². The average Bonchev–Trinajstić information content (AvgIpc) is 3.02. The first-order chi connectivity index (χ1) is 13.3. The van der Waals surface area contributed by atoms with Crippen LogP contribution in [-0.2, 0) is 16.1 Å². The number of thiazole rings is 1. The van der Waals surface area contributed by atoms with Gasteiger partial charge in [-0.25, -0.2) is 0 Å². The third kappa shape index (κ3) is 4.06. The minimum Gasteiger partial charge on any atom is -0.468 e. The molecule has 146 valence electrons. The second kappa shape index (κ2) is 8.34. The minimum absolute atomic E-state index is 0.137. The largest absolute Gasteiger partial charge is 0.468 e. The van der Waals surface area contributed by atoms with E-state index in [0.717, 1.165) is 10.4 Å². The summed E-state index contributed by atoms with van der Waals surface area (Å²) in [6.45, 7) is -0.137. The van der Waals surface area contributed by atoms with E-state index in [-0.39, 0.29) is 6.54 Å². The third-order valence-electron chi connectivity index (χ3n) is 4.08. The molecule has 1 aromatic heterocycles. The molecular formula is C19H17Cl2N3O3S. The van der Waals surface area contributed by atoms with Gasteiger partial charge in [0.15, 0.2) is 4.80 Å². The summed E-state index contributed by atoms with van der Waals surface area (Å²) < 4.78 is 7.07. The highest BCUT2D eigenvalue weighted by atomic mass is 35.5. The first kappa shape index (κ1) is 20.4. The quantitative estimate of drug-likeness (QED) is 0.578. The van der Waals surface area contributed by atoms with Crippen LogP contribution in [0.1, 0.15) is 10.4 Å². The molecule has 1 amide bonds. The lowest BCUT2D eigenvalue weighted by Gasteiger charge is -2.11. The fourth-order valence-electron chi connectivity index (χ4n) is 2.58. The van der Waals surface area contributed by atoms with E-state index in [0.29, 0.717) is 25.9 Å². The van der Waals surface area contributed by atoms with Gasteiger partial charge in [0.1, 0.15) is 6.54 Å². The lowest BCUT2D eigenvalue weighted by Crippen LogP contribution is -2.22. The van der Waals surface area contributed by atoms with Crippen LogP contribution in [0.2, 0.25) is 10.0 Å². The van der Waals surface area contributed by atoms with Gasteiger partial charge >= 0.3 is 5.97 Å². The van der Waals surface area contributed by atoms with E-state index in [1.54, 1.807) is 28.8 Å². The Hall–Kier alpha value is -2.35. The number of halogens is 2. The number of ether oxygens (including phenoxy) is 1. The second-order valence-electron chi connectivity index (χ2n) is 6.11. The molecule has 0 saturated carbocycles. The molecule has 9 heteroatoms. The summed E-state index contributed by atoms with van der Waals surface area (Å²) in [5.74, 6) is -0.905. The van der Waals surface area contributed by atoms with E-state index >= 15 is 0 Å². The molecule has 28 heavy (non-hydrogen) atoms. The third-order valence-corrected chi connectivity index (χ3v) is 5.91. The second-order valence-corrected chi connectivity index (χ2v) is 7.91. The number of anilines is 1. The highest BCUT2D eigenvalue weighted by molar-refractivity contribution is 7.16. The Bertz CT molecular complexity index is 1120. The van der Waals surface area contributed by atoms with Crippen molar-refractivity contribution in [3.05, 3.63) is 56.8 Å². The molecule has 2 aromatic carbocycles. The van der Waals surface area contributed by atoms with E-state index in [1.165, 1.54) is 18.4 Å². The molecule has 0 atom stereocenters. The predicted octanol–water partition coefficient (Wildman–Crippen LogP) is 3.99. The van der Waals surface area contributed by atoms with Crippen molar-refractivity contribution in [2.24, 2.45) is 4.99 Å². The number of esters is 1. The molecular weight excluding hydrogens is 421 g/mol. The number of carbonyl (C=O) groups excluding carboxylic acids is 2. The number of methoxy groups -OCH3 is 1. The van der Waals surface area contributed by atoms with Crippen LogP contribution in [0.3, 0.4) is 0 Å². The van der Waals surface area contributed by atoms with Gasteiger partial charge in [0.25, 0.3) is 5.91 Å². The number of benzene rings is 2. The molecule has 0 spiro atoms. The molecule has 1 heterocycles. The monoisotopic (exact) mass is 437 g/mol. The summed E-state index contributed by atoms with van der Waals surface area (Å²) in [6.07, 6.45) is 0. The Balaban J connectivity index is 2.12. The van der Waals surface area contributed by atoms with Crippen LogP contribution in [0.25, 0.3) is 10.2 Å². The Labute approximate surface area is 175 Å². The van der Waals surface area contributed by atoms with Gasteiger partial charge in [0, 0.05) is 25.3 Å². The van der Waals surface area contributed by atoms with Gasteiger partial charge in [-0.1, -0.05) is 34.5 Å². The molecule has 0 fully saturated rings. The van der Waals surface area contributed by atoms with Crippen molar-refractivity contribution < 1.29 is 14.3 Å². The van der Waals surface area contributed by atoms with Crippen LogP contribution < -0.4 is 9.70 Å². The van der Waals surface area contributed by atoms with E-state index in [2.05, 4.69) is 4.99 Å². The van der Waals surface area contributed by atoms with Gasteiger partial charge < -0.3 is 14.2 Å². The zero-order valence-corrected chi connectivity index (χ0v) is 17.7. The van der Waals surface area contributed by atoms with Gasteiger partial charge in [0.05, 0.1) is 27.4 Å². The Morgan fingerprint density at radius 2 is 1.82 bits per heavy atom. The van der Waals surface area contributed by atoms with E-state index in [9.17, 15) is 9.59 Å². The molecule has 3 aromatic rings. The highest BCUT2D eigenvalue weighted by Gasteiger charge is 2.16. The number of rotatable bonds is 4. The summed E-state index contributed by atoms with van der Waals surface area (Å²) in [5, 5.41) is 0.645. The summed E-state index contributed by atoms with van der Waals surface area (Å²) >= 11 is 13.7. The SMILES string of the molecule is COC(=O)Cn1c(=NC(=O)c2ccc(N(C)C)cc2)sc2ccc(Cl)c(Cl)c21. The number of fused-ring (bicyclic) bond motifs is 1.